The van der Waals surface area contributed by atoms with E-state index in [4.69, 9.17) is 0 Å². The Morgan fingerprint density at radius 1 is 1.00 bits per heavy atom. The first-order valence-corrected chi connectivity index (χ1v) is 7.00. The lowest BCUT2D eigenvalue weighted by Crippen LogP contribution is -2.13. The molecule has 1 N–H and O–H groups in total. The molecule has 106 valence electrons. The number of aryl methyl sites for hydroxylation is 2. The third kappa shape index (κ3) is 3.91. The number of aliphatic hydroxyl groups excluding tert-OH is 1. The van der Waals surface area contributed by atoms with Crippen LogP contribution in [0.15, 0.2) is 42.5 Å². The van der Waals surface area contributed by atoms with Gasteiger partial charge in [0.1, 0.15) is 5.82 Å². The second kappa shape index (κ2) is 6.67. The molecule has 0 saturated carbocycles. The molecule has 0 spiro atoms. The molecule has 1 atom stereocenters. The van der Waals surface area contributed by atoms with E-state index in [9.17, 15) is 9.50 Å². The minimum absolute atomic E-state index is 0.115. The van der Waals surface area contributed by atoms with Crippen molar-refractivity contribution in [2.45, 2.75) is 26.7 Å². The number of benzene rings is 2. The zero-order valence-electron chi connectivity index (χ0n) is 12.1. The fourth-order valence-electron chi connectivity index (χ4n) is 2.43. The first-order valence-electron chi connectivity index (χ1n) is 7.00. The van der Waals surface area contributed by atoms with Gasteiger partial charge in [0.15, 0.2) is 0 Å². The van der Waals surface area contributed by atoms with Gasteiger partial charge in [0.25, 0.3) is 0 Å². The van der Waals surface area contributed by atoms with Crippen molar-refractivity contribution in [3.8, 4) is 0 Å². The van der Waals surface area contributed by atoms with Gasteiger partial charge in [-0.3, -0.25) is 0 Å². The van der Waals surface area contributed by atoms with Crippen molar-refractivity contribution >= 4 is 0 Å². The number of hydrogen-bond acceptors (Lipinski definition) is 1. The van der Waals surface area contributed by atoms with Gasteiger partial charge >= 0.3 is 0 Å². The number of halogens is 1. The van der Waals surface area contributed by atoms with Gasteiger partial charge < -0.3 is 5.11 Å². The van der Waals surface area contributed by atoms with Crippen LogP contribution in [-0.2, 0) is 12.8 Å². The summed E-state index contributed by atoms with van der Waals surface area (Å²) in [4.78, 5) is 0. The third-order valence-corrected chi connectivity index (χ3v) is 3.72. The van der Waals surface area contributed by atoms with Crippen LogP contribution in [0.1, 0.15) is 22.3 Å². The van der Waals surface area contributed by atoms with Gasteiger partial charge in [-0.2, -0.15) is 0 Å². The van der Waals surface area contributed by atoms with Crippen LogP contribution in [-0.4, -0.2) is 11.7 Å². The maximum Gasteiger partial charge on any atom is 0.123 e. The molecule has 2 heteroatoms. The SMILES string of the molecule is Cc1ccc(CC(CO)Cc2cc(F)ccc2C)cc1. The monoisotopic (exact) mass is 272 g/mol. The topological polar surface area (TPSA) is 20.2 Å². The Morgan fingerprint density at radius 3 is 2.35 bits per heavy atom. The number of rotatable bonds is 5. The van der Waals surface area contributed by atoms with Crippen LogP contribution in [0.3, 0.4) is 0 Å². The molecule has 0 aliphatic heterocycles. The van der Waals surface area contributed by atoms with Crippen LogP contribution < -0.4 is 0 Å². The Kier molecular flexibility index (Phi) is 4.91. The summed E-state index contributed by atoms with van der Waals surface area (Å²) in [5, 5.41) is 9.57. The van der Waals surface area contributed by atoms with Crippen molar-refractivity contribution in [2.24, 2.45) is 5.92 Å². The highest BCUT2D eigenvalue weighted by Crippen LogP contribution is 2.18. The van der Waals surface area contributed by atoms with E-state index in [1.807, 2.05) is 6.92 Å². The predicted molar refractivity (Wildman–Crippen MR) is 80.3 cm³/mol. The molecule has 0 aliphatic carbocycles. The smallest absolute Gasteiger partial charge is 0.123 e. The molecule has 0 amide bonds. The quantitative estimate of drug-likeness (QED) is 0.877. The zero-order valence-corrected chi connectivity index (χ0v) is 12.1. The predicted octanol–water partition coefficient (Wildman–Crippen LogP) is 3.84. The lowest BCUT2D eigenvalue weighted by atomic mass is 9.91. The number of hydrogen-bond donors (Lipinski definition) is 1. The van der Waals surface area contributed by atoms with Gasteiger partial charge in [-0.05, 0) is 61.4 Å². The molecular formula is C18H21FO. The van der Waals surface area contributed by atoms with E-state index in [1.54, 1.807) is 12.1 Å². The first kappa shape index (κ1) is 14.7. The van der Waals surface area contributed by atoms with Crippen molar-refractivity contribution in [3.63, 3.8) is 0 Å². The summed E-state index contributed by atoms with van der Waals surface area (Å²) in [5.41, 5.74) is 4.50. The van der Waals surface area contributed by atoms with Gasteiger partial charge in [-0.25, -0.2) is 4.39 Å². The molecule has 0 bridgehead atoms. The normalized spacial score (nSPS) is 12.4. The van der Waals surface area contributed by atoms with E-state index in [1.165, 1.54) is 17.2 Å². The molecule has 2 aromatic carbocycles. The fourth-order valence-corrected chi connectivity index (χ4v) is 2.43. The van der Waals surface area contributed by atoms with Gasteiger partial charge in [-0.15, -0.1) is 0 Å². The van der Waals surface area contributed by atoms with Crippen molar-refractivity contribution in [2.75, 3.05) is 6.61 Å². The molecule has 0 aliphatic rings. The van der Waals surface area contributed by atoms with Gasteiger partial charge in [0.2, 0.25) is 0 Å². The average molecular weight is 272 g/mol. The van der Waals surface area contributed by atoms with Crippen LogP contribution in [0.4, 0.5) is 4.39 Å². The second-order valence-electron chi connectivity index (χ2n) is 5.51. The Balaban J connectivity index is 2.08. The number of aliphatic hydroxyl groups is 1. The molecule has 0 heterocycles. The van der Waals surface area contributed by atoms with Crippen molar-refractivity contribution in [3.05, 3.63) is 70.5 Å². The summed E-state index contributed by atoms with van der Waals surface area (Å²) >= 11 is 0. The Labute approximate surface area is 120 Å². The van der Waals surface area contributed by atoms with Crippen LogP contribution in [0, 0.1) is 25.6 Å². The minimum atomic E-state index is -0.211. The van der Waals surface area contributed by atoms with E-state index >= 15 is 0 Å². The van der Waals surface area contributed by atoms with Crippen LogP contribution in [0.2, 0.25) is 0 Å². The Bertz CT molecular complexity index is 560. The maximum absolute atomic E-state index is 13.3. The zero-order chi connectivity index (χ0) is 14.5. The molecule has 0 aromatic heterocycles. The van der Waals surface area contributed by atoms with Crippen LogP contribution in [0.5, 0.6) is 0 Å². The summed E-state index contributed by atoms with van der Waals surface area (Å²) < 4.78 is 13.3. The summed E-state index contributed by atoms with van der Waals surface area (Å²) in [7, 11) is 0. The van der Waals surface area contributed by atoms with Crippen LogP contribution >= 0.6 is 0 Å². The average Bonchev–Trinajstić information content (AvgIpc) is 2.44. The highest BCUT2D eigenvalue weighted by molar-refractivity contribution is 5.28. The molecule has 0 radical (unpaired) electrons. The van der Waals surface area contributed by atoms with Crippen LogP contribution in [0.25, 0.3) is 0 Å². The maximum atomic E-state index is 13.3. The second-order valence-corrected chi connectivity index (χ2v) is 5.51. The highest BCUT2D eigenvalue weighted by Gasteiger charge is 2.12. The summed E-state index contributed by atoms with van der Waals surface area (Å²) in [6.07, 6.45) is 1.51. The lowest BCUT2D eigenvalue weighted by molar-refractivity contribution is 0.224. The first-order chi connectivity index (χ1) is 9.58. The summed E-state index contributed by atoms with van der Waals surface area (Å²) in [5.74, 6) is -0.0872. The van der Waals surface area contributed by atoms with Gasteiger partial charge in [-0.1, -0.05) is 35.9 Å². The molecule has 2 aromatic rings. The molecule has 1 unspecified atom stereocenters. The van der Waals surface area contributed by atoms with E-state index in [-0.39, 0.29) is 18.3 Å². The molecule has 2 rings (SSSR count). The molecule has 0 fully saturated rings. The molecule has 0 saturated heterocycles. The summed E-state index contributed by atoms with van der Waals surface area (Å²) in [6, 6.07) is 13.2. The molecule has 1 nitrogen and oxygen atoms in total. The largest absolute Gasteiger partial charge is 0.396 e. The summed E-state index contributed by atoms with van der Waals surface area (Å²) in [6.45, 7) is 4.16. The minimum Gasteiger partial charge on any atom is -0.396 e. The standard InChI is InChI=1S/C18H21FO/c1-13-3-6-15(7-4-13)9-16(12-20)10-17-11-18(19)8-5-14(17)2/h3-8,11,16,20H,9-10,12H2,1-2H3. The fraction of sp³-hybridized carbons (Fsp3) is 0.333. The van der Waals surface area contributed by atoms with E-state index in [2.05, 4.69) is 31.2 Å². The molecular weight excluding hydrogens is 251 g/mol. The van der Waals surface area contributed by atoms with E-state index in [0.717, 1.165) is 17.5 Å². The van der Waals surface area contributed by atoms with Gasteiger partial charge in [0.05, 0.1) is 0 Å². The highest BCUT2D eigenvalue weighted by atomic mass is 19.1. The van der Waals surface area contributed by atoms with E-state index in [0.29, 0.717) is 6.42 Å². The Hall–Kier alpha value is -1.67. The molecule has 20 heavy (non-hydrogen) atoms. The van der Waals surface area contributed by atoms with Crippen molar-refractivity contribution in [1.82, 2.24) is 0 Å². The van der Waals surface area contributed by atoms with Crippen molar-refractivity contribution < 1.29 is 9.50 Å². The van der Waals surface area contributed by atoms with E-state index < -0.39 is 0 Å². The third-order valence-electron chi connectivity index (χ3n) is 3.72. The van der Waals surface area contributed by atoms with Gasteiger partial charge in [0, 0.05) is 6.61 Å². The van der Waals surface area contributed by atoms with Crippen molar-refractivity contribution in [1.29, 1.82) is 0 Å². The Morgan fingerprint density at radius 2 is 1.70 bits per heavy atom. The lowest BCUT2D eigenvalue weighted by Gasteiger charge is -2.16.